The molecule has 2 N–H and O–H groups in total. The first-order valence-electron chi connectivity index (χ1n) is 5.63. The van der Waals surface area contributed by atoms with E-state index in [9.17, 15) is 4.79 Å². The van der Waals surface area contributed by atoms with Crippen LogP contribution in [-0.4, -0.2) is 22.9 Å². The van der Waals surface area contributed by atoms with Crippen molar-refractivity contribution in [2.24, 2.45) is 5.73 Å². The number of carbonyl (C=O) groups is 1. The summed E-state index contributed by atoms with van der Waals surface area (Å²) in [5, 5.41) is 4.23. The molecule has 0 amide bonds. The summed E-state index contributed by atoms with van der Waals surface area (Å²) in [4.78, 5) is 11.1. The molecule has 2 rings (SSSR count). The van der Waals surface area contributed by atoms with Crippen molar-refractivity contribution < 1.29 is 9.53 Å². The van der Waals surface area contributed by atoms with Crippen LogP contribution in [0.3, 0.4) is 0 Å². The van der Waals surface area contributed by atoms with Gasteiger partial charge in [0.15, 0.2) is 0 Å². The largest absolute Gasteiger partial charge is 0.469 e. The highest BCUT2D eigenvalue weighted by atomic mass is 16.5. The number of nitrogens with zero attached hydrogens (tertiary/aromatic N) is 2. The molecule has 0 aliphatic heterocycles. The van der Waals surface area contributed by atoms with Crippen LogP contribution in [0.5, 0.6) is 0 Å². The zero-order valence-corrected chi connectivity index (χ0v) is 10.1. The highest BCUT2D eigenvalue weighted by molar-refractivity contribution is 5.70. The van der Waals surface area contributed by atoms with Crippen LogP contribution in [0.1, 0.15) is 18.0 Å². The molecule has 0 aliphatic rings. The number of nitrogens with two attached hydrogens (primary N) is 1. The molecule has 0 spiro atoms. The molecule has 0 bridgehead atoms. The van der Waals surface area contributed by atoms with Gasteiger partial charge in [-0.15, -0.1) is 0 Å². The van der Waals surface area contributed by atoms with Crippen LogP contribution in [0.4, 0.5) is 0 Å². The average Bonchev–Trinajstić information content (AvgIpc) is 2.89. The van der Waals surface area contributed by atoms with Gasteiger partial charge in [0.25, 0.3) is 0 Å². The van der Waals surface area contributed by atoms with Crippen molar-refractivity contribution in [2.45, 2.75) is 12.5 Å². The number of rotatable bonds is 4. The van der Waals surface area contributed by atoms with Crippen molar-refractivity contribution in [1.82, 2.24) is 9.78 Å². The van der Waals surface area contributed by atoms with Gasteiger partial charge < -0.3 is 10.5 Å². The van der Waals surface area contributed by atoms with Gasteiger partial charge in [-0.2, -0.15) is 5.10 Å². The molecule has 18 heavy (non-hydrogen) atoms. The van der Waals surface area contributed by atoms with Gasteiger partial charge in [-0.05, 0) is 12.1 Å². The summed E-state index contributed by atoms with van der Waals surface area (Å²) in [5.41, 5.74) is 7.67. The summed E-state index contributed by atoms with van der Waals surface area (Å²) in [5.74, 6) is -0.324. The SMILES string of the molecule is COC(=O)CC(N)c1cnn(-c2ccccc2)c1. The van der Waals surface area contributed by atoms with Crippen LogP contribution in [0.15, 0.2) is 42.7 Å². The lowest BCUT2D eigenvalue weighted by atomic mass is 10.1. The number of hydrogen-bond donors (Lipinski definition) is 1. The molecule has 1 atom stereocenters. The lowest BCUT2D eigenvalue weighted by Gasteiger charge is -2.06. The molecule has 0 fully saturated rings. The Labute approximate surface area is 105 Å². The Morgan fingerprint density at radius 3 is 2.83 bits per heavy atom. The molecule has 0 saturated heterocycles. The van der Waals surface area contributed by atoms with Crippen molar-refractivity contribution in [1.29, 1.82) is 0 Å². The van der Waals surface area contributed by atoms with Crippen LogP contribution < -0.4 is 5.73 Å². The molecule has 0 saturated carbocycles. The van der Waals surface area contributed by atoms with E-state index < -0.39 is 6.04 Å². The minimum Gasteiger partial charge on any atom is -0.469 e. The molecule has 1 aromatic heterocycles. The standard InChI is InChI=1S/C13H15N3O2/c1-18-13(17)7-12(14)10-8-15-16(9-10)11-5-3-2-4-6-11/h2-6,8-9,12H,7,14H2,1H3. The second-order valence-corrected chi connectivity index (χ2v) is 3.94. The first-order chi connectivity index (χ1) is 8.70. The number of hydrogen-bond acceptors (Lipinski definition) is 4. The minimum atomic E-state index is -0.394. The Morgan fingerprint density at radius 2 is 2.17 bits per heavy atom. The van der Waals surface area contributed by atoms with Gasteiger partial charge in [-0.25, -0.2) is 4.68 Å². The van der Waals surface area contributed by atoms with Crippen LogP contribution in [-0.2, 0) is 9.53 Å². The Balaban J connectivity index is 2.13. The molecule has 5 heteroatoms. The van der Waals surface area contributed by atoms with Gasteiger partial charge in [0.05, 0.1) is 25.4 Å². The average molecular weight is 245 g/mol. The summed E-state index contributed by atoms with van der Waals surface area (Å²) in [6.45, 7) is 0. The fourth-order valence-electron chi connectivity index (χ4n) is 1.63. The third kappa shape index (κ3) is 2.75. The third-order valence-corrected chi connectivity index (χ3v) is 2.67. The van der Waals surface area contributed by atoms with Crippen LogP contribution in [0.25, 0.3) is 5.69 Å². The fourth-order valence-corrected chi connectivity index (χ4v) is 1.63. The number of aromatic nitrogens is 2. The minimum absolute atomic E-state index is 0.150. The van der Waals surface area contributed by atoms with E-state index in [0.29, 0.717) is 0 Å². The van der Waals surface area contributed by atoms with Crippen molar-refractivity contribution in [3.8, 4) is 5.69 Å². The third-order valence-electron chi connectivity index (χ3n) is 2.67. The van der Waals surface area contributed by atoms with Gasteiger partial charge in [0.2, 0.25) is 0 Å². The zero-order valence-electron chi connectivity index (χ0n) is 10.1. The zero-order chi connectivity index (χ0) is 13.0. The molecule has 1 heterocycles. The van der Waals surface area contributed by atoms with E-state index in [4.69, 9.17) is 5.73 Å². The number of esters is 1. The summed E-state index contributed by atoms with van der Waals surface area (Å²) >= 11 is 0. The first-order valence-corrected chi connectivity index (χ1v) is 5.63. The van der Waals surface area contributed by atoms with Crippen molar-refractivity contribution in [3.05, 3.63) is 48.3 Å². The molecule has 2 aromatic rings. The molecule has 0 aliphatic carbocycles. The van der Waals surface area contributed by atoms with Crippen LogP contribution in [0.2, 0.25) is 0 Å². The van der Waals surface area contributed by atoms with E-state index in [1.54, 1.807) is 10.9 Å². The van der Waals surface area contributed by atoms with Gasteiger partial charge in [-0.1, -0.05) is 18.2 Å². The molecule has 5 nitrogen and oxygen atoms in total. The van der Waals surface area contributed by atoms with Gasteiger partial charge >= 0.3 is 5.97 Å². The lowest BCUT2D eigenvalue weighted by Crippen LogP contribution is -2.15. The Hall–Kier alpha value is -2.14. The molecule has 94 valence electrons. The van der Waals surface area contributed by atoms with E-state index in [-0.39, 0.29) is 12.4 Å². The molecular weight excluding hydrogens is 230 g/mol. The first kappa shape index (κ1) is 12.3. The number of para-hydroxylation sites is 1. The van der Waals surface area contributed by atoms with E-state index >= 15 is 0 Å². The van der Waals surface area contributed by atoms with Crippen LogP contribution in [0, 0.1) is 0 Å². The molecule has 1 unspecified atom stereocenters. The summed E-state index contributed by atoms with van der Waals surface area (Å²) in [7, 11) is 1.35. The maximum atomic E-state index is 11.1. The Kier molecular flexibility index (Phi) is 3.74. The monoisotopic (exact) mass is 245 g/mol. The van der Waals surface area contributed by atoms with E-state index in [1.807, 2.05) is 36.5 Å². The topological polar surface area (TPSA) is 70.1 Å². The van der Waals surface area contributed by atoms with Crippen LogP contribution >= 0.6 is 0 Å². The van der Waals surface area contributed by atoms with Crippen molar-refractivity contribution in [2.75, 3.05) is 7.11 Å². The molecule has 1 aromatic carbocycles. The number of ether oxygens (including phenoxy) is 1. The van der Waals surface area contributed by atoms with Gasteiger partial charge in [-0.3, -0.25) is 4.79 Å². The number of carbonyl (C=O) groups excluding carboxylic acids is 1. The summed E-state index contributed by atoms with van der Waals surface area (Å²) in [6.07, 6.45) is 3.64. The van der Waals surface area contributed by atoms with E-state index in [2.05, 4.69) is 9.84 Å². The highest BCUT2D eigenvalue weighted by Crippen LogP contribution is 2.15. The maximum Gasteiger partial charge on any atom is 0.307 e. The second-order valence-electron chi connectivity index (χ2n) is 3.94. The second kappa shape index (κ2) is 5.46. The molecular formula is C13H15N3O2. The predicted molar refractivity (Wildman–Crippen MR) is 67.1 cm³/mol. The molecule has 0 radical (unpaired) electrons. The number of benzene rings is 1. The fraction of sp³-hybridized carbons (Fsp3) is 0.231. The quantitative estimate of drug-likeness (QED) is 0.827. The van der Waals surface area contributed by atoms with Crippen molar-refractivity contribution >= 4 is 5.97 Å². The number of methoxy groups -OCH3 is 1. The normalized spacial score (nSPS) is 12.1. The highest BCUT2D eigenvalue weighted by Gasteiger charge is 2.13. The predicted octanol–water partition coefficient (Wildman–Crippen LogP) is 1.44. The summed E-state index contributed by atoms with van der Waals surface area (Å²) in [6, 6.07) is 9.31. The van der Waals surface area contributed by atoms with E-state index in [1.165, 1.54) is 7.11 Å². The Bertz CT molecular complexity index is 522. The maximum absolute atomic E-state index is 11.1. The lowest BCUT2D eigenvalue weighted by molar-refractivity contribution is -0.141. The van der Waals surface area contributed by atoms with Gasteiger partial charge in [0.1, 0.15) is 0 Å². The van der Waals surface area contributed by atoms with E-state index in [0.717, 1.165) is 11.3 Å². The summed E-state index contributed by atoms with van der Waals surface area (Å²) < 4.78 is 6.32. The van der Waals surface area contributed by atoms with Crippen molar-refractivity contribution in [3.63, 3.8) is 0 Å². The Morgan fingerprint density at radius 1 is 1.44 bits per heavy atom. The smallest absolute Gasteiger partial charge is 0.307 e. The van der Waals surface area contributed by atoms with Gasteiger partial charge in [0, 0.05) is 17.8 Å².